The molecule has 0 unspecified atom stereocenters. The molecule has 6 nitrogen and oxygen atoms in total. The second kappa shape index (κ2) is 9.92. The Bertz CT molecular complexity index is 468. The zero-order chi connectivity index (χ0) is 16.4. The van der Waals surface area contributed by atoms with Crippen LogP contribution in [0, 0.1) is 0 Å². The van der Waals surface area contributed by atoms with Crippen LogP contribution < -0.4 is 10.6 Å². The molecular weight excluding hydrogens is 284 g/mol. The van der Waals surface area contributed by atoms with E-state index < -0.39 is 18.1 Å². The normalized spacial score (nSPS) is 10.5. The number of hydrogen-bond donors (Lipinski definition) is 2. The lowest BCUT2D eigenvalue weighted by Gasteiger charge is -2.17. The van der Waals surface area contributed by atoms with Gasteiger partial charge in [0.1, 0.15) is 0 Å². The number of anilines is 1. The first-order chi connectivity index (χ1) is 10.6. The summed E-state index contributed by atoms with van der Waals surface area (Å²) < 4.78 is 10.6. The van der Waals surface area contributed by atoms with Crippen molar-refractivity contribution in [2.75, 3.05) is 25.1 Å². The number of carbonyl (C=O) groups excluding carboxylic acids is 2. The number of ether oxygens (including phenoxy) is 2. The van der Waals surface area contributed by atoms with Crippen LogP contribution in [0.2, 0.25) is 0 Å². The molecule has 1 aromatic rings. The summed E-state index contributed by atoms with van der Waals surface area (Å²) in [6.45, 7) is 6.78. The predicted octanol–water partition coefficient (Wildman–Crippen LogP) is 1.70. The van der Waals surface area contributed by atoms with Crippen molar-refractivity contribution in [3.05, 3.63) is 29.8 Å². The van der Waals surface area contributed by atoms with E-state index in [1.807, 2.05) is 32.9 Å². The third-order valence-electron chi connectivity index (χ3n) is 2.96. The van der Waals surface area contributed by atoms with Gasteiger partial charge in [-0.2, -0.15) is 0 Å². The van der Waals surface area contributed by atoms with Crippen LogP contribution in [-0.2, 0) is 25.5 Å². The number of benzene rings is 1. The minimum Gasteiger partial charge on any atom is -0.351 e. The van der Waals surface area contributed by atoms with E-state index in [4.69, 9.17) is 9.47 Å². The molecule has 0 aromatic heterocycles. The van der Waals surface area contributed by atoms with E-state index in [0.717, 1.165) is 6.42 Å². The third-order valence-corrected chi connectivity index (χ3v) is 2.96. The summed E-state index contributed by atoms with van der Waals surface area (Å²) >= 11 is 0. The van der Waals surface area contributed by atoms with Crippen molar-refractivity contribution in [2.45, 2.75) is 33.5 Å². The van der Waals surface area contributed by atoms with E-state index in [-0.39, 0.29) is 6.54 Å². The third kappa shape index (κ3) is 6.24. The Morgan fingerprint density at radius 3 is 2.09 bits per heavy atom. The lowest BCUT2D eigenvalue weighted by atomic mass is 10.1. The maximum atomic E-state index is 11.8. The van der Waals surface area contributed by atoms with Gasteiger partial charge in [-0.25, -0.2) is 0 Å². The minimum atomic E-state index is -0.719. The van der Waals surface area contributed by atoms with Gasteiger partial charge < -0.3 is 20.1 Å². The number of rotatable bonds is 8. The lowest BCUT2D eigenvalue weighted by molar-refractivity contribution is -0.145. The Kier molecular flexibility index (Phi) is 8.17. The van der Waals surface area contributed by atoms with E-state index in [2.05, 4.69) is 10.6 Å². The first-order valence-electron chi connectivity index (χ1n) is 7.52. The molecule has 1 aromatic carbocycles. The van der Waals surface area contributed by atoms with Crippen LogP contribution in [0.1, 0.15) is 26.3 Å². The summed E-state index contributed by atoms with van der Waals surface area (Å²) in [7, 11) is 0. The Hall–Kier alpha value is -1.92. The average Bonchev–Trinajstić information content (AvgIpc) is 2.53. The molecule has 0 aliphatic rings. The minimum absolute atomic E-state index is 0.128. The van der Waals surface area contributed by atoms with Crippen LogP contribution in [0.25, 0.3) is 0 Å². The van der Waals surface area contributed by atoms with Crippen LogP contribution in [0.4, 0.5) is 5.69 Å². The number of amides is 2. The van der Waals surface area contributed by atoms with Crippen molar-refractivity contribution >= 4 is 17.5 Å². The zero-order valence-corrected chi connectivity index (χ0v) is 13.3. The number of carbonyl (C=O) groups is 2. The first-order valence-corrected chi connectivity index (χ1v) is 7.52. The molecule has 2 amide bonds. The molecule has 0 fully saturated rings. The largest absolute Gasteiger partial charge is 0.351 e. The van der Waals surface area contributed by atoms with Gasteiger partial charge >= 0.3 is 11.8 Å². The van der Waals surface area contributed by atoms with Crippen LogP contribution >= 0.6 is 0 Å². The second-order valence-corrected chi connectivity index (χ2v) is 4.55. The molecule has 0 atom stereocenters. The number of hydrogen-bond acceptors (Lipinski definition) is 4. The zero-order valence-electron chi connectivity index (χ0n) is 13.3. The molecule has 0 bridgehead atoms. The van der Waals surface area contributed by atoms with Gasteiger partial charge in [-0.1, -0.05) is 19.1 Å². The van der Waals surface area contributed by atoms with Crippen LogP contribution in [0.15, 0.2) is 24.3 Å². The van der Waals surface area contributed by atoms with Gasteiger partial charge in [0, 0.05) is 18.9 Å². The van der Waals surface area contributed by atoms with Gasteiger partial charge in [-0.05, 0) is 38.0 Å². The Balaban J connectivity index is 2.45. The van der Waals surface area contributed by atoms with Gasteiger partial charge in [0.15, 0.2) is 6.29 Å². The Labute approximate surface area is 131 Å². The summed E-state index contributed by atoms with van der Waals surface area (Å²) in [5, 5.41) is 5.04. The van der Waals surface area contributed by atoms with E-state index >= 15 is 0 Å². The topological polar surface area (TPSA) is 76.7 Å². The molecule has 0 radical (unpaired) electrons. The van der Waals surface area contributed by atoms with E-state index in [1.54, 1.807) is 12.1 Å². The average molecular weight is 308 g/mol. The number of aryl methyl sites for hydroxylation is 1. The summed E-state index contributed by atoms with van der Waals surface area (Å²) in [5.74, 6) is -1.43. The summed E-state index contributed by atoms with van der Waals surface area (Å²) in [6, 6.07) is 7.36. The van der Waals surface area contributed by atoms with Gasteiger partial charge in [-0.3, -0.25) is 9.59 Å². The van der Waals surface area contributed by atoms with Gasteiger partial charge in [0.2, 0.25) is 0 Å². The van der Waals surface area contributed by atoms with Gasteiger partial charge in [0.05, 0.1) is 6.54 Å². The van der Waals surface area contributed by atoms with Crippen molar-refractivity contribution in [1.29, 1.82) is 0 Å². The summed E-state index contributed by atoms with van der Waals surface area (Å²) in [5.41, 5.74) is 1.75. The summed E-state index contributed by atoms with van der Waals surface area (Å²) in [6.07, 6.45) is 0.376. The van der Waals surface area contributed by atoms with Crippen molar-refractivity contribution in [3.8, 4) is 0 Å². The highest BCUT2D eigenvalue weighted by molar-refractivity contribution is 6.39. The lowest BCUT2D eigenvalue weighted by Crippen LogP contribution is -2.41. The fourth-order valence-corrected chi connectivity index (χ4v) is 1.81. The summed E-state index contributed by atoms with van der Waals surface area (Å²) in [4.78, 5) is 23.5. The maximum Gasteiger partial charge on any atom is 0.313 e. The fraction of sp³-hybridized carbons (Fsp3) is 0.500. The van der Waals surface area contributed by atoms with E-state index in [0.29, 0.717) is 18.9 Å². The first kappa shape index (κ1) is 18.1. The molecule has 0 aliphatic carbocycles. The fourth-order valence-electron chi connectivity index (χ4n) is 1.81. The SMILES string of the molecule is CCOC(CNC(=O)C(=O)Nc1ccc(CC)cc1)OCC. The quantitative estimate of drug-likeness (QED) is 0.566. The molecule has 0 spiro atoms. The molecule has 0 heterocycles. The highest BCUT2D eigenvalue weighted by atomic mass is 16.7. The Morgan fingerprint density at radius 2 is 1.59 bits per heavy atom. The molecule has 22 heavy (non-hydrogen) atoms. The van der Waals surface area contributed by atoms with Crippen molar-refractivity contribution in [3.63, 3.8) is 0 Å². The van der Waals surface area contributed by atoms with Crippen LogP contribution in [0.3, 0.4) is 0 Å². The molecule has 0 saturated carbocycles. The standard InChI is InChI=1S/C16H24N2O4/c1-4-12-7-9-13(10-8-12)18-16(20)15(19)17-11-14(21-5-2)22-6-3/h7-10,14H,4-6,11H2,1-3H3,(H,17,19)(H,18,20). The van der Waals surface area contributed by atoms with E-state index in [9.17, 15) is 9.59 Å². The highest BCUT2D eigenvalue weighted by Gasteiger charge is 2.16. The van der Waals surface area contributed by atoms with Gasteiger partial charge in [0.25, 0.3) is 0 Å². The molecule has 122 valence electrons. The molecule has 0 aliphatic heterocycles. The smallest absolute Gasteiger partial charge is 0.313 e. The van der Waals surface area contributed by atoms with Crippen LogP contribution in [0.5, 0.6) is 0 Å². The maximum absolute atomic E-state index is 11.8. The monoisotopic (exact) mass is 308 g/mol. The predicted molar refractivity (Wildman–Crippen MR) is 84.5 cm³/mol. The molecule has 1 rings (SSSR count). The van der Waals surface area contributed by atoms with Gasteiger partial charge in [-0.15, -0.1) is 0 Å². The van der Waals surface area contributed by atoms with E-state index in [1.165, 1.54) is 5.56 Å². The number of nitrogens with one attached hydrogen (secondary N) is 2. The van der Waals surface area contributed by atoms with Crippen LogP contribution in [-0.4, -0.2) is 37.9 Å². The van der Waals surface area contributed by atoms with Crippen molar-refractivity contribution in [1.82, 2.24) is 5.32 Å². The second-order valence-electron chi connectivity index (χ2n) is 4.55. The van der Waals surface area contributed by atoms with Crippen molar-refractivity contribution < 1.29 is 19.1 Å². The highest BCUT2D eigenvalue weighted by Crippen LogP contribution is 2.09. The molecule has 2 N–H and O–H groups in total. The van der Waals surface area contributed by atoms with Crippen molar-refractivity contribution in [2.24, 2.45) is 0 Å². The molecule has 6 heteroatoms. The Morgan fingerprint density at radius 1 is 1.00 bits per heavy atom. The molecular formula is C16H24N2O4. The molecule has 0 saturated heterocycles.